The average Bonchev–Trinajstić information content (AvgIpc) is 3.29. The van der Waals surface area contributed by atoms with Gasteiger partial charge in [0.2, 0.25) is 16.9 Å². The molecule has 0 unspecified atom stereocenters. The van der Waals surface area contributed by atoms with Crippen LogP contribution in [0.2, 0.25) is 0 Å². The summed E-state index contributed by atoms with van der Waals surface area (Å²) in [6, 6.07) is 10.4. The van der Waals surface area contributed by atoms with Crippen LogP contribution in [0.5, 0.6) is 23.0 Å². The molecule has 34 heavy (non-hydrogen) atoms. The molecule has 0 saturated carbocycles. The van der Waals surface area contributed by atoms with E-state index in [0.717, 1.165) is 5.56 Å². The Morgan fingerprint density at radius 2 is 1.62 bits per heavy atom. The molecule has 0 spiro atoms. The Balaban J connectivity index is 1.51. The molecule has 3 rings (SSSR count). The van der Waals surface area contributed by atoms with Gasteiger partial charge in [0.15, 0.2) is 15.8 Å². The van der Waals surface area contributed by atoms with E-state index in [1.807, 2.05) is 0 Å². The maximum Gasteiger partial charge on any atom is 0.234 e. The van der Waals surface area contributed by atoms with Crippen molar-refractivity contribution in [1.29, 1.82) is 0 Å². The molecular formula is C22H24N4O6S2. The summed E-state index contributed by atoms with van der Waals surface area (Å²) in [7, 11) is 6.16. The van der Waals surface area contributed by atoms with Crippen molar-refractivity contribution in [2.45, 2.75) is 10.8 Å². The lowest BCUT2D eigenvalue weighted by molar-refractivity contribution is -0.115. The molecule has 2 aromatic carbocycles. The van der Waals surface area contributed by atoms with Gasteiger partial charge in [-0.15, -0.1) is 10.2 Å². The Labute approximate surface area is 205 Å². The van der Waals surface area contributed by atoms with Crippen molar-refractivity contribution >= 4 is 45.7 Å². The van der Waals surface area contributed by atoms with Crippen LogP contribution in [0, 0.1) is 0 Å². The van der Waals surface area contributed by atoms with Crippen LogP contribution in [-0.2, 0) is 16.0 Å². The Morgan fingerprint density at radius 1 is 0.853 bits per heavy atom. The first-order valence-electron chi connectivity index (χ1n) is 9.94. The van der Waals surface area contributed by atoms with E-state index in [1.54, 1.807) is 50.6 Å². The quantitative estimate of drug-likeness (QED) is 0.299. The van der Waals surface area contributed by atoms with E-state index < -0.39 is 0 Å². The number of hydrogen-bond donors (Lipinski definition) is 2. The second-order valence-electron chi connectivity index (χ2n) is 6.69. The Morgan fingerprint density at radius 3 is 2.32 bits per heavy atom. The maximum atomic E-state index is 12.4. The summed E-state index contributed by atoms with van der Waals surface area (Å²) in [5, 5.41) is 13.9. The van der Waals surface area contributed by atoms with Crippen LogP contribution in [0.4, 0.5) is 10.8 Å². The fraction of sp³-hybridized carbons (Fsp3) is 0.273. The third kappa shape index (κ3) is 6.75. The summed E-state index contributed by atoms with van der Waals surface area (Å²) >= 11 is 2.40. The van der Waals surface area contributed by atoms with Crippen molar-refractivity contribution in [1.82, 2.24) is 10.2 Å². The fourth-order valence-corrected chi connectivity index (χ4v) is 4.44. The topological polar surface area (TPSA) is 121 Å². The highest BCUT2D eigenvalue weighted by atomic mass is 32.2. The zero-order valence-corrected chi connectivity index (χ0v) is 20.7. The minimum Gasteiger partial charge on any atom is -0.497 e. The summed E-state index contributed by atoms with van der Waals surface area (Å²) in [6.45, 7) is 0. The van der Waals surface area contributed by atoms with Crippen molar-refractivity contribution < 1.29 is 28.5 Å². The number of anilines is 2. The van der Waals surface area contributed by atoms with Crippen molar-refractivity contribution in [3.63, 3.8) is 0 Å². The largest absolute Gasteiger partial charge is 0.497 e. The lowest BCUT2D eigenvalue weighted by Gasteiger charge is -2.11. The van der Waals surface area contributed by atoms with Gasteiger partial charge >= 0.3 is 0 Å². The van der Waals surface area contributed by atoms with Crippen molar-refractivity contribution in [3.05, 3.63) is 42.0 Å². The highest BCUT2D eigenvalue weighted by molar-refractivity contribution is 8.01. The van der Waals surface area contributed by atoms with Crippen LogP contribution in [0.25, 0.3) is 0 Å². The predicted molar refractivity (Wildman–Crippen MR) is 131 cm³/mol. The molecule has 1 heterocycles. The second kappa shape index (κ2) is 12.1. The molecule has 2 N–H and O–H groups in total. The number of amides is 2. The van der Waals surface area contributed by atoms with Gasteiger partial charge in [0.05, 0.1) is 46.3 Å². The molecule has 0 aliphatic heterocycles. The lowest BCUT2D eigenvalue weighted by Crippen LogP contribution is -2.14. The molecule has 2 amide bonds. The highest BCUT2D eigenvalue weighted by Gasteiger charge is 2.14. The molecule has 1 aromatic heterocycles. The number of hydrogen-bond acceptors (Lipinski definition) is 10. The summed E-state index contributed by atoms with van der Waals surface area (Å²) in [5.41, 5.74) is 1.30. The molecule has 0 aliphatic carbocycles. The van der Waals surface area contributed by atoms with Crippen molar-refractivity contribution in [2.75, 3.05) is 44.8 Å². The molecule has 0 bridgehead atoms. The van der Waals surface area contributed by atoms with Gasteiger partial charge in [-0.2, -0.15) is 0 Å². The van der Waals surface area contributed by atoms with Crippen LogP contribution >= 0.6 is 23.1 Å². The van der Waals surface area contributed by atoms with E-state index in [0.29, 0.717) is 38.2 Å². The molecule has 0 atom stereocenters. The van der Waals surface area contributed by atoms with Gasteiger partial charge in [-0.1, -0.05) is 29.2 Å². The SMILES string of the molecule is COc1ccc(NC(=O)CSc2nnc(NC(=O)Cc3ccc(OC)c(OC)c3)s2)c(OC)c1. The number of thioether (sulfide) groups is 1. The van der Waals surface area contributed by atoms with Gasteiger partial charge in [-0.05, 0) is 29.8 Å². The van der Waals surface area contributed by atoms with Crippen LogP contribution in [0.1, 0.15) is 5.56 Å². The molecule has 0 radical (unpaired) electrons. The summed E-state index contributed by atoms with van der Waals surface area (Å²) in [5.74, 6) is 1.89. The van der Waals surface area contributed by atoms with E-state index in [9.17, 15) is 9.59 Å². The van der Waals surface area contributed by atoms with Gasteiger partial charge in [-0.25, -0.2) is 0 Å². The Kier molecular flexibility index (Phi) is 8.93. The van der Waals surface area contributed by atoms with E-state index >= 15 is 0 Å². The van der Waals surface area contributed by atoms with Crippen LogP contribution in [-0.4, -0.2) is 56.2 Å². The molecular weight excluding hydrogens is 480 g/mol. The number of nitrogens with one attached hydrogen (secondary N) is 2. The van der Waals surface area contributed by atoms with Gasteiger partial charge < -0.3 is 29.6 Å². The smallest absolute Gasteiger partial charge is 0.234 e. The molecule has 0 aliphatic rings. The first-order valence-corrected chi connectivity index (χ1v) is 11.7. The predicted octanol–water partition coefficient (Wildman–Crippen LogP) is 3.48. The van der Waals surface area contributed by atoms with Crippen molar-refractivity contribution in [2.24, 2.45) is 0 Å². The third-order valence-electron chi connectivity index (χ3n) is 4.47. The highest BCUT2D eigenvalue weighted by Crippen LogP contribution is 2.31. The van der Waals surface area contributed by atoms with Gasteiger partial charge in [0.25, 0.3) is 0 Å². The maximum absolute atomic E-state index is 12.4. The molecule has 3 aromatic rings. The first kappa shape index (κ1) is 25.1. The monoisotopic (exact) mass is 504 g/mol. The number of benzene rings is 2. The number of carbonyl (C=O) groups is 2. The lowest BCUT2D eigenvalue weighted by atomic mass is 10.1. The Hall–Kier alpha value is -3.51. The number of aromatic nitrogens is 2. The summed E-state index contributed by atoms with van der Waals surface area (Å²) in [6.07, 6.45) is 0.133. The van der Waals surface area contributed by atoms with Crippen LogP contribution < -0.4 is 29.6 Å². The molecule has 10 nitrogen and oxygen atoms in total. The Bertz CT molecular complexity index is 1150. The third-order valence-corrected chi connectivity index (χ3v) is 6.45. The van der Waals surface area contributed by atoms with Gasteiger partial charge in [0, 0.05) is 6.07 Å². The standard InChI is InChI=1S/C22H24N4O6S2/c1-29-14-6-7-15(17(11-14)31-3)23-20(28)12-33-22-26-25-21(34-22)24-19(27)10-13-5-8-16(30-2)18(9-13)32-4/h5-9,11H,10,12H2,1-4H3,(H,23,28)(H,24,25,27). The van der Waals surface area contributed by atoms with E-state index in [1.165, 1.54) is 37.3 Å². The molecule has 180 valence electrons. The summed E-state index contributed by atoms with van der Waals surface area (Å²) < 4.78 is 21.5. The van der Waals surface area contributed by atoms with E-state index in [-0.39, 0.29) is 24.0 Å². The van der Waals surface area contributed by atoms with E-state index in [2.05, 4.69) is 20.8 Å². The molecule has 0 fully saturated rings. The zero-order valence-electron chi connectivity index (χ0n) is 19.0. The van der Waals surface area contributed by atoms with Crippen LogP contribution in [0.15, 0.2) is 40.7 Å². The van der Waals surface area contributed by atoms with Crippen molar-refractivity contribution in [3.8, 4) is 23.0 Å². The fourth-order valence-electron chi connectivity index (χ4n) is 2.87. The number of rotatable bonds is 11. The normalized spacial score (nSPS) is 10.4. The number of ether oxygens (including phenoxy) is 4. The zero-order chi connectivity index (χ0) is 24.5. The molecule has 0 saturated heterocycles. The van der Waals surface area contributed by atoms with Gasteiger partial charge in [0.1, 0.15) is 11.5 Å². The van der Waals surface area contributed by atoms with Crippen LogP contribution in [0.3, 0.4) is 0 Å². The minimum atomic E-state index is -0.246. The number of carbonyl (C=O) groups excluding carboxylic acids is 2. The average molecular weight is 505 g/mol. The van der Waals surface area contributed by atoms with E-state index in [4.69, 9.17) is 18.9 Å². The molecule has 12 heteroatoms. The minimum absolute atomic E-state index is 0.114. The summed E-state index contributed by atoms with van der Waals surface area (Å²) in [4.78, 5) is 24.7. The number of nitrogens with zero attached hydrogens (tertiary/aromatic N) is 2. The second-order valence-corrected chi connectivity index (χ2v) is 8.89. The first-order chi connectivity index (χ1) is 16.4. The van der Waals surface area contributed by atoms with Gasteiger partial charge in [-0.3, -0.25) is 9.59 Å². The number of methoxy groups -OCH3 is 4.